The van der Waals surface area contributed by atoms with E-state index in [9.17, 15) is 29.5 Å². The molecule has 2 atom stereocenters. The molecule has 14 nitrogen and oxygen atoms in total. The van der Waals surface area contributed by atoms with Gasteiger partial charge in [-0.2, -0.15) is 0 Å². The predicted octanol–water partition coefficient (Wildman–Crippen LogP) is -0.0869. The van der Waals surface area contributed by atoms with Crippen LogP contribution < -0.4 is 11.1 Å². The molecular formula is C17H15N7O7S4. The number of fused-ring (bicyclic) bond motifs is 1. The molecule has 4 rings (SSSR count). The Morgan fingerprint density at radius 1 is 1.31 bits per heavy atom. The maximum absolute atomic E-state index is 12.8. The Morgan fingerprint density at radius 3 is 2.71 bits per heavy atom. The molecule has 0 radical (unpaired) electrons. The molecule has 2 aliphatic rings. The minimum absolute atomic E-state index is 0.0426. The average molecular weight is 558 g/mol. The highest BCUT2D eigenvalue weighted by molar-refractivity contribution is 8.01. The van der Waals surface area contributed by atoms with Crippen LogP contribution in [0.15, 0.2) is 26.1 Å². The van der Waals surface area contributed by atoms with Crippen molar-refractivity contribution in [1.82, 2.24) is 25.4 Å². The first kappa shape index (κ1) is 24.9. The summed E-state index contributed by atoms with van der Waals surface area (Å²) in [5, 5.41) is 42.2. The van der Waals surface area contributed by atoms with Crippen LogP contribution in [-0.2, 0) is 25.6 Å². The summed E-state index contributed by atoms with van der Waals surface area (Å²) < 4.78 is 0.476. The smallest absolute Gasteiger partial charge is 0.352 e. The number of thioether (sulfide) groups is 2. The third-order valence-corrected chi connectivity index (χ3v) is 8.89. The van der Waals surface area contributed by atoms with E-state index in [1.54, 1.807) is 0 Å². The zero-order valence-corrected chi connectivity index (χ0v) is 20.5. The Labute approximate surface area is 212 Å². The van der Waals surface area contributed by atoms with E-state index < -0.39 is 40.9 Å². The van der Waals surface area contributed by atoms with Crippen LogP contribution in [0.25, 0.3) is 0 Å². The molecule has 0 bridgehead atoms. The van der Waals surface area contributed by atoms with E-state index in [-0.39, 0.29) is 34.4 Å². The molecule has 1 fully saturated rings. The lowest BCUT2D eigenvalue weighted by molar-refractivity contribution is -0.150. The molecule has 1 saturated heterocycles. The number of nitrogens with zero attached hydrogens (tertiary/aromatic N) is 5. The number of hydrogen-bond donors (Lipinski definition) is 5. The van der Waals surface area contributed by atoms with Gasteiger partial charge in [-0.3, -0.25) is 19.3 Å². The van der Waals surface area contributed by atoms with Crippen molar-refractivity contribution in [2.45, 2.75) is 22.2 Å². The van der Waals surface area contributed by atoms with Gasteiger partial charge in [0.1, 0.15) is 27.8 Å². The first-order valence-corrected chi connectivity index (χ1v) is 13.2. The summed E-state index contributed by atoms with van der Waals surface area (Å²) in [6.45, 7) is 0. The standard InChI is InChI=1S/C17H15N7O7S4/c18-16-19-6(4-33-16)9(23-31)12(27)20-10-13(28)24-11(15(29)30)5(2-32-14(10)24)3-34-17-22-21-7(35-17)1-8(25)26/h4,10,14,31H,1-3H2,(H2,18,19)(H,20,27)(H,25,26)(H,29,30)/b23-9-/t10?,14-/m1/s1. The van der Waals surface area contributed by atoms with Gasteiger partial charge in [-0.15, -0.1) is 33.3 Å². The molecule has 2 aromatic heterocycles. The van der Waals surface area contributed by atoms with Crippen LogP contribution in [0.1, 0.15) is 10.7 Å². The van der Waals surface area contributed by atoms with Crippen LogP contribution in [0.4, 0.5) is 5.13 Å². The number of nitrogens with two attached hydrogens (primary N) is 1. The number of nitrogen functional groups attached to an aromatic ring is 1. The van der Waals surface area contributed by atoms with Crippen LogP contribution in [0.5, 0.6) is 0 Å². The number of nitrogens with one attached hydrogen (secondary N) is 1. The van der Waals surface area contributed by atoms with Gasteiger partial charge in [-0.05, 0) is 5.57 Å². The number of aromatic nitrogens is 3. The summed E-state index contributed by atoms with van der Waals surface area (Å²) in [6, 6.07) is -1.02. The molecule has 18 heteroatoms. The zero-order chi connectivity index (χ0) is 25.3. The first-order valence-electron chi connectivity index (χ1n) is 9.50. The van der Waals surface area contributed by atoms with Gasteiger partial charge in [0.05, 0.1) is 6.42 Å². The summed E-state index contributed by atoms with van der Waals surface area (Å²) in [5.74, 6) is -3.31. The number of amides is 2. The van der Waals surface area contributed by atoms with Crippen LogP contribution in [0.2, 0.25) is 0 Å². The van der Waals surface area contributed by atoms with E-state index in [0.717, 1.165) is 27.6 Å². The van der Waals surface area contributed by atoms with Crippen LogP contribution >= 0.6 is 46.2 Å². The lowest BCUT2D eigenvalue weighted by atomic mass is 10.0. The summed E-state index contributed by atoms with van der Waals surface area (Å²) in [6.07, 6.45) is -0.257. The molecule has 2 amide bonds. The van der Waals surface area contributed by atoms with Crippen molar-refractivity contribution in [3.05, 3.63) is 27.4 Å². The minimum Gasteiger partial charge on any atom is -0.481 e. The second-order valence-electron chi connectivity index (χ2n) is 6.96. The Bertz CT molecular complexity index is 1270. The molecular weight excluding hydrogens is 542 g/mol. The number of β-lactam (4-membered cyclic amide) rings is 1. The number of rotatable bonds is 9. The average Bonchev–Trinajstić information content (AvgIpc) is 3.43. The highest BCUT2D eigenvalue weighted by atomic mass is 32.2. The third kappa shape index (κ3) is 5.09. The van der Waals surface area contributed by atoms with Crippen molar-refractivity contribution in [1.29, 1.82) is 0 Å². The second kappa shape index (κ2) is 10.2. The molecule has 0 saturated carbocycles. The van der Waals surface area contributed by atoms with Crippen LogP contribution in [-0.4, -0.2) is 87.9 Å². The van der Waals surface area contributed by atoms with Crippen molar-refractivity contribution in [3.8, 4) is 0 Å². The zero-order valence-electron chi connectivity index (χ0n) is 17.3. The fourth-order valence-electron chi connectivity index (χ4n) is 3.26. The van der Waals surface area contributed by atoms with Crippen molar-refractivity contribution < 1.29 is 34.6 Å². The predicted molar refractivity (Wildman–Crippen MR) is 127 cm³/mol. The summed E-state index contributed by atoms with van der Waals surface area (Å²) >= 11 is 4.61. The summed E-state index contributed by atoms with van der Waals surface area (Å²) in [7, 11) is 0. The molecule has 35 heavy (non-hydrogen) atoms. The molecule has 2 aromatic rings. The molecule has 0 spiro atoms. The quantitative estimate of drug-likeness (QED) is 0.0895. The lowest BCUT2D eigenvalue weighted by Crippen LogP contribution is -2.71. The van der Waals surface area contributed by atoms with Crippen molar-refractivity contribution in [3.63, 3.8) is 0 Å². The van der Waals surface area contributed by atoms with Crippen LogP contribution in [0, 0.1) is 0 Å². The van der Waals surface area contributed by atoms with Gasteiger partial charge >= 0.3 is 11.9 Å². The Balaban J connectivity index is 1.45. The number of carboxylic acids is 2. The van der Waals surface area contributed by atoms with Gasteiger partial charge in [0.2, 0.25) is 0 Å². The van der Waals surface area contributed by atoms with Crippen molar-refractivity contribution in [2.24, 2.45) is 5.16 Å². The van der Waals surface area contributed by atoms with Gasteiger partial charge in [-0.25, -0.2) is 9.78 Å². The number of anilines is 1. The van der Waals surface area contributed by atoms with E-state index in [4.69, 9.17) is 10.8 Å². The van der Waals surface area contributed by atoms with E-state index in [0.29, 0.717) is 14.9 Å². The molecule has 6 N–H and O–H groups in total. The third-order valence-electron chi connectivity index (χ3n) is 4.74. The number of carbonyl (C=O) groups is 4. The molecule has 1 unspecified atom stereocenters. The van der Waals surface area contributed by atoms with Gasteiger partial charge in [0.25, 0.3) is 11.8 Å². The lowest BCUT2D eigenvalue weighted by Gasteiger charge is -2.49. The minimum atomic E-state index is -1.29. The molecule has 4 heterocycles. The molecule has 2 aliphatic heterocycles. The van der Waals surface area contributed by atoms with Crippen molar-refractivity contribution in [2.75, 3.05) is 17.2 Å². The summed E-state index contributed by atoms with van der Waals surface area (Å²) in [5.41, 5.74) is 5.47. The number of oxime groups is 1. The summed E-state index contributed by atoms with van der Waals surface area (Å²) in [4.78, 5) is 53.2. The monoisotopic (exact) mass is 557 g/mol. The van der Waals surface area contributed by atoms with Gasteiger partial charge in [0.15, 0.2) is 15.2 Å². The first-order chi connectivity index (χ1) is 16.7. The molecule has 0 aliphatic carbocycles. The topological polar surface area (TPSA) is 221 Å². The fraction of sp³-hybridized carbons (Fsp3) is 0.294. The van der Waals surface area contributed by atoms with E-state index in [1.165, 1.54) is 28.9 Å². The van der Waals surface area contributed by atoms with Gasteiger partial charge in [-0.1, -0.05) is 28.3 Å². The molecule has 0 aromatic carbocycles. The highest BCUT2D eigenvalue weighted by Gasteiger charge is 2.54. The van der Waals surface area contributed by atoms with Gasteiger partial charge < -0.3 is 26.5 Å². The normalized spacial score (nSPS) is 19.8. The highest BCUT2D eigenvalue weighted by Crippen LogP contribution is 2.41. The maximum Gasteiger partial charge on any atom is 0.352 e. The number of aliphatic carboxylic acids is 2. The van der Waals surface area contributed by atoms with Crippen LogP contribution in [0.3, 0.4) is 0 Å². The number of carboxylic acid groups (broad SMARTS) is 2. The SMILES string of the molecule is Nc1nc(/C(=N/O)C(=O)NC2C(=O)N3C(C(=O)O)=C(CSc4nnc(CC(=O)O)s4)CS[C@H]23)cs1. The molecule has 184 valence electrons. The Morgan fingerprint density at radius 2 is 2.09 bits per heavy atom. The number of hydrogen-bond acceptors (Lipinski definition) is 14. The second-order valence-corrected chi connectivity index (χ2v) is 11.2. The largest absolute Gasteiger partial charge is 0.481 e. The van der Waals surface area contributed by atoms with Crippen molar-refractivity contribution >= 4 is 80.8 Å². The maximum atomic E-state index is 12.8. The number of thiazole rings is 1. The van der Waals surface area contributed by atoms with E-state index >= 15 is 0 Å². The van der Waals surface area contributed by atoms with E-state index in [2.05, 4.69) is 25.7 Å². The Kier molecular flexibility index (Phi) is 7.24. The van der Waals surface area contributed by atoms with Gasteiger partial charge in [0, 0.05) is 16.9 Å². The Hall–Kier alpha value is -3.22. The van der Waals surface area contributed by atoms with E-state index in [1.807, 2.05) is 0 Å². The fourth-order valence-corrected chi connectivity index (χ4v) is 7.18. The number of carbonyl (C=O) groups excluding carboxylic acids is 2.